The molecule has 178 valence electrons. The Labute approximate surface area is 190 Å². The van der Waals surface area contributed by atoms with Crippen molar-refractivity contribution in [2.45, 2.75) is 18.9 Å². The molecule has 3 aromatic rings. The first-order valence-electron chi connectivity index (χ1n) is 10.1. The molecule has 3 N–H and O–H groups in total. The summed E-state index contributed by atoms with van der Waals surface area (Å²) >= 11 is 0. The van der Waals surface area contributed by atoms with E-state index < -0.39 is 40.0 Å². The predicted molar refractivity (Wildman–Crippen MR) is 118 cm³/mol. The highest BCUT2D eigenvalue weighted by Crippen LogP contribution is 2.28. The molecule has 0 aliphatic carbocycles. The Balaban J connectivity index is 1.95. The zero-order chi connectivity index (χ0) is 24.8. The number of aromatic nitrogens is 2. The third-order valence-electron chi connectivity index (χ3n) is 5.61. The molecule has 34 heavy (non-hydrogen) atoms. The van der Waals surface area contributed by atoms with Gasteiger partial charge in [-0.15, -0.1) is 0 Å². The zero-order valence-corrected chi connectivity index (χ0v) is 18.2. The Morgan fingerprint density at radius 1 is 1.26 bits per heavy atom. The first kappa shape index (κ1) is 23.2. The Hall–Kier alpha value is -3.93. The SMILES string of the molecule is CO/N=C1\CCN(c2nc3c(cc2F)c(=O)c(C(=O)O)cn3-c2ccc(F)cc2F)CC1(C)N. The van der Waals surface area contributed by atoms with Crippen molar-refractivity contribution in [3.63, 3.8) is 0 Å². The van der Waals surface area contributed by atoms with Gasteiger partial charge in [0, 0.05) is 31.8 Å². The average Bonchev–Trinajstić information content (AvgIpc) is 2.75. The zero-order valence-electron chi connectivity index (χ0n) is 18.2. The number of nitrogens with two attached hydrogens (primary N) is 1. The van der Waals surface area contributed by atoms with Crippen LogP contribution in [0.25, 0.3) is 16.7 Å². The van der Waals surface area contributed by atoms with Crippen LogP contribution in [0.1, 0.15) is 23.7 Å². The van der Waals surface area contributed by atoms with Crippen LogP contribution in [-0.4, -0.2) is 52.1 Å². The van der Waals surface area contributed by atoms with Gasteiger partial charge >= 0.3 is 5.97 Å². The number of rotatable bonds is 4. The van der Waals surface area contributed by atoms with Gasteiger partial charge in [-0.3, -0.25) is 9.36 Å². The van der Waals surface area contributed by atoms with Gasteiger partial charge in [0.15, 0.2) is 17.3 Å². The lowest BCUT2D eigenvalue weighted by Gasteiger charge is -2.39. The van der Waals surface area contributed by atoms with Gasteiger partial charge in [0.1, 0.15) is 24.3 Å². The van der Waals surface area contributed by atoms with Crippen LogP contribution >= 0.6 is 0 Å². The minimum Gasteiger partial charge on any atom is -0.477 e. The van der Waals surface area contributed by atoms with Crippen LogP contribution in [0.5, 0.6) is 0 Å². The molecule has 1 fully saturated rings. The van der Waals surface area contributed by atoms with Crippen LogP contribution in [0, 0.1) is 17.5 Å². The second-order valence-electron chi connectivity index (χ2n) is 8.12. The van der Waals surface area contributed by atoms with Gasteiger partial charge in [0.05, 0.1) is 22.3 Å². The van der Waals surface area contributed by atoms with Crippen LogP contribution in [-0.2, 0) is 4.84 Å². The number of fused-ring (bicyclic) bond motifs is 1. The number of anilines is 1. The molecule has 0 radical (unpaired) electrons. The number of hydrogen-bond donors (Lipinski definition) is 2. The van der Waals surface area contributed by atoms with Crippen molar-refractivity contribution in [1.82, 2.24) is 9.55 Å². The summed E-state index contributed by atoms with van der Waals surface area (Å²) in [4.78, 5) is 35.0. The number of aromatic carboxylic acids is 1. The average molecular weight is 475 g/mol. The number of carboxylic acid groups (broad SMARTS) is 1. The van der Waals surface area contributed by atoms with Crippen molar-refractivity contribution in [3.05, 3.63) is 63.7 Å². The Morgan fingerprint density at radius 2 is 2.00 bits per heavy atom. The van der Waals surface area contributed by atoms with E-state index >= 15 is 4.39 Å². The van der Waals surface area contributed by atoms with Crippen molar-refractivity contribution >= 4 is 28.5 Å². The summed E-state index contributed by atoms with van der Waals surface area (Å²) in [5.74, 6) is -4.52. The van der Waals surface area contributed by atoms with Crippen LogP contribution in [0.15, 0.2) is 40.4 Å². The molecule has 9 nitrogen and oxygen atoms in total. The predicted octanol–water partition coefficient (Wildman–Crippen LogP) is 2.43. The molecule has 1 unspecified atom stereocenters. The fraction of sp³-hybridized carbons (Fsp3) is 0.273. The van der Waals surface area contributed by atoms with Gasteiger partial charge in [-0.25, -0.2) is 22.9 Å². The number of halogens is 3. The standard InChI is InChI=1S/C22H20F3N5O4/c1-22(26)10-29(6-5-17(22)28-34-2)20-15(25)8-12-18(31)13(21(32)33)9-30(19(12)27-20)16-4-3-11(23)7-14(16)24/h3-4,7-9H,5-6,10,26H2,1-2H3,(H,32,33)/b28-17+. The molecule has 1 aromatic carbocycles. The van der Waals surface area contributed by atoms with Gasteiger partial charge in [-0.1, -0.05) is 5.16 Å². The number of pyridine rings is 2. The van der Waals surface area contributed by atoms with Crippen LogP contribution < -0.4 is 16.1 Å². The number of hydrogen-bond acceptors (Lipinski definition) is 7. The fourth-order valence-electron chi connectivity index (χ4n) is 3.98. The summed E-state index contributed by atoms with van der Waals surface area (Å²) < 4.78 is 44.2. The van der Waals surface area contributed by atoms with Crippen LogP contribution in [0.2, 0.25) is 0 Å². The monoisotopic (exact) mass is 475 g/mol. The van der Waals surface area contributed by atoms with Crippen molar-refractivity contribution < 1.29 is 27.9 Å². The van der Waals surface area contributed by atoms with E-state index in [0.717, 1.165) is 29.0 Å². The van der Waals surface area contributed by atoms with E-state index in [1.165, 1.54) is 7.11 Å². The Kier molecular flexibility index (Phi) is 5.77. The lowest BCUT2D eigenvalue weighted by Crippen LogP contribution is -2.59. The van der Waals surface area contributed by atoms with Crippen molar-refractivity contribution in [2.75, 3.05) is 25.1 Å². The Morgan fingerprint density at radius 3 is 2.62 bits per heavy atom. The number of carbonyl (C=O) groups is 1. The summed E-state index contributed by atoms with van der Waals surface area (Å²) in [6.07, 6.45) is 1.22. The molecule has 1 aliphatic rings. The van der Waals surface area contributed by atoms with E-state index in [0.29, 0.717) is 18.2 Å². The van der Waals surface area contributed by atoms with E-state index in [1.54, 1.807) is 11.8 Å². The van der Waals surface area contributed by atoms with Gasteiger partial charge in [-0.05, 0) is 25.1 Å². The summed E-state index contributed by atoms with van der Waals surface area (Å²) in [5, 5.41) is 13.0. The molecule has 1 atom stereocenters. The normalized spacial score (nSPS) is 19.6. The maximum Gasteiger partial charge on any atom is 0.341 e. The molecule has 12 heteroatoms. The molecular weight excluding hydrogens is 455 g/mol. The summed E-state index contributed by atoms with van der Waals surface area (Å²) in [7, 11) is 1.39. The molecule has 0 saturated carbocycles. The second-order valence-corrected chi connectivity index (χ2v) is 8.12. The molecular formula is C22H20F3N5O4. The highest BCUT2D eigenvalue weighted by Gasteiger charge is 2.35. The summed E-state index contributed by atoms with van der Waals surface area (Å²) in [6.45, 7) is 2.07. The molecule has 0 bridgehead atoms. The van der Waals surface area contributed by atoms with Crippen molar-refractivity contribution in [3.8, 4) is 5.69 Å². The molecule has 2 aromatic heterocycles. The van der Waals surface area contributed by atoms with E-state index in [4.69, 9.17) is 10.6 Å². The number of piperidine rings is 1. The van der Waals surface area contributed by atoms with Gasteiger partial charge in [0.2, 0.25) is 5.43 Å². The highest BCUT2D eigenvalue weighted by atomic mass is 19.1. The van der Waals surface area contributed by atoms with E-state index in [2.05, 4.69) is 10.1 Å². The number of oxime groups is 1. The van der Waals surface area contributed by atoms with Crippen LogP contribution in [0.4, 0.5) is 19.0 Å². The van der Waals surface area contributed by atoms with E-state index in [1.807, 2.05) is 0 Å². The molecule has 4 rings (SSSR count). The molecule has 1 aliphatic heterocycles. The molecule has 3 heterocycles. The van der Waals surface area contributed by atoms with Gasteiger partial charge in [0.25, 0.3) is 0 Å². The smallest absolute Gasteiger partial charge is 0.341 e. The maximum atomic E-state index is 15.2. The second kappa shape index (κ2) is 8.45. The third-order valence-corrected chi connectivity index (χ3v) is 5.61. The van der Waals surface area contributed by atoms with E-state index in [9.17, 15) is 23.5 Å². The minimum absolute atomic E-state index is 0.104. The maximum absolute atomic E-state index is 15.2. The lowest BCUT2D eigenvalue weighted by atomic mass is 9.90. The van der Waals surface area contributed by atoms with Gasteiger partial charge < -0.3 is 20.6 Å². The lowest BCUT2D eigenvalue weighted by molar-refractivity contribution is 0.0695. The van der Waals surface area contributed by atoms with Crippen molar-refractivity contribution in [1.29, 1.82) is 0 Å². The number of nitrogens with zero attached hydrogens (tertiary/aromatic N) is 4. The van der Waals surface area contributed by atoms with Gasteiger partial charge in [-0.2, -0.15) is 0 Å². The van der Waals surface area contributed by atoms with Crippen LogP contribution in [0.3, 0.4) is 0 Å². The number of carboxylic acids is 1. The van der Waals surface area contributed by atoms with Crippen molar-refractivity contribution in [2.24, 2.45) is 10.9 Å². The summed E-state index contributed by atoms with van der Waals surface area (Å²) in [5.41, 5.74) is 3.73. The Bertz CT molecular complexity index is 1400. The first-order valence-corrected chi connectivity index (χ1v) is 10.1. The summed E-state index contributed by atoms with van der Waals surface area (Å²) in [6, 6.07) is 3.49. The molecule has 0 spiro atoms. The largest absolute Gasteiger partial charge is 0.477 e. The quantitative estimate of drug-likeness (QED) is 0.556. The first-order chi connectivity index (χ1) is 16.0. The third kappa shape index (κ3) is 3.96. The minimum atomic E-state index is -1.59. The molecule has 1 saturated heterocycles. The molecule has 0 amide bonds. The number of benzene rings is 1. The van der Waals surface area contributed by atoms with E-state index in [-0.39, 0.29) is 35.6 Å². The fourth-order valence-corrected chi connectivity index (χ4v) is 3.98. The topological polar surface area (TPSA) is 123 Å². The highest BCUT2D eigenvalue weighted by molar-refractivity contribution is 5.95.